The molecule has 0 unspecified atom stereocenters. The van der Waals surface area contributed by atoms with Crippen LogP contribution in [0.25, 0.3) is 0 Å². The zero-order valence-electron chi connectivity index (χ0n) is 15.8. The van der Waals surface area contributed by atoms with E-state index in [1.165, 1.54) is 0 Å². The summed E-state index contributed by atoms with van der Waals surface area (Å²) in [6.45, 7) is 2.24. The van der Waals surface area contributed by atoms with E-state index in [0.717, 1.165) is 29.0 Å². The Bertz CT molecular complexity index is 942. The highest BCUT2D eigenvalue weighted by Crippen LogP contribution is 2.47. The first-order valence-corrected chi connectivity index (χ1v) is 9.59. The smallest absolute Gasteiger partial charge is 0.309 e. The van der Waals surface area contributed by atoms with Crippen molar-refractivity contribution in [2.75, 3.05) is 6.61 Å². The molecule has 0 aliphatic heterocycles. The van der Waals surface area contributed by atoms with Crippen LogP contribution in [0.2, 0.25) is 0 Å². The summed E-state index contributed by atoms with van der Waals surface area (Å²) in [5.74, 6) is 0.577. The molecule has 4 rings (SSSR count). The Morgan fingerprint density at radius 2 is 1.61 bits per heavy atom. The van der Waals surface area contributed by atoms with Gasteiger partial charge in [0, 0.05) is 22.7 Å². The maximum atomic E-state index is 11.9. The Balaban J connectivity index is 1.66. The molecule has 0 bridgehead atoms. The van der Waals surface area contributed by atoms with E-state index in [1.54, 1.807) is 0 Å². The molecule has 140 valence electrons. The molecule has 0 saturated heterocycles. The van der Waals surface area contributed by atoms with Gasteiger partial charge in [0.1, 0.15) is 0 Å². The van der Waals surface area contributed by atoms with Crippen molar-refractivity contribution in [3.8, 4) is 0 Å². The van der Waals surface area contributed by atoms with Crippen LogP contribution in [-0.2, 0) is 9.53 Å². The van der Waals surface area contributed by atoms with Gasteiger partial charge in [0.2, 0.25) is 0 Å². The van der Waals surface area contributed by atoms with E-state index in [0.29, 0.717) is 12.4 Å². The summed E-state index contributed by atoms with van der Waals surface area (Å²) in [6.07, 6.45) is 0.795. The summed E-state index contributed by atoms with van der Waals surface area (Å²) in [6, 6.07) is 26.0. The van der Waals surface area contributed by atoms with Crippen molar-refractivity contribution in [3.63, 3.8) is 0 Å². The van der Waals surface area contributed by atoms with Gasteiger partial charge in [0.25, 0.3) is 0 Å². The van der Waals surface area contributed by atoms with Crippen molar-refractivity contribution >= 4 is 17.5 Å². The largest absolute Gasteiger partial charge is 0.466 e. The lowest BCUT2D eigenvalue weighted by atomic mass is 10.0. The summed E-state index contributed by atoms with van der Waals surface area (Å²) in [7, 11) is 0. The lowest BCUT2D eigenvalue weighted by Crippen LogP contribution is -2.07. The summed E-state index contributed by atoms with van der Waals surface area (Å²) < 4.78 is 5.13. The Kier molecular flexibility index (Phi) is 5.29. The van der Waals surface area contributed by atoms with Gasteiger partial charge in [0.05, 0.1) is 18.2 Å². The van der Waals surface area contributed by atoms with Crippen molar-refractivity contribution in [3.05, 3.63) is 95.7 Å². The first-order chi connectivity index (χ1) is 13.8. The molecule has 2 atom stereocenters. The van der Waals surface area contributed by atoms with Crippen LogP contribution in [0.4, 0.5) is 5.82 Å². The van der Waals surface area contributed by atoms with E-state index in [9.17, 15) is 4.79 Å². The highest BCUT2D eigenvalue weighted by molar-refractivity contribution is 6.13. The molecule has 1 fully saturated rings. The molecule has 0 radical (unpaired) electrons. The molecule has 4 nitrogen and oxygen atoms in total. The third-order valence-corrected chi connectivity index (χ3v) is 4.84. The minimum atomic E-state index is -0.127. The van der Waals surface area contributed by atoms with Crippen molar-refractivity contribution < 1.29 is 9.53 Å². The maximum absolute atomic E-state index is 11.9. The number of esters is 1. The van der Waals surface area contributed by atoms with Gasteiger partial charge in [0.15, 0.2) is 5.82 Å². The van der Waals surface area contributed by atoms with Gasteiger partial charge in [-0.25, -0.2) is 9.98 Å². The Morgan fingerprint density at radius 1 is 0.964 bits per heavy atom. The predicted octanol–water partition coefficient (Wildman–Crippen LogP) is 4.92. The zero-order chi connectivity index (χ0) is 19.3. The van der Waals surface area contributed by atoms with Crippen LogP contribution in [0.15, 0.2) is 83.9 Å². The van der Waals surface area contributed by atoms with Crippen molar-refractivity contribution in [1.29, 1.82) is 0 Å². The van der Waals surface area contributed by atoms with E-state index in [2.05, 4.69) is 0 Å². The molecular weight excluding hydrogens is 348 g/mol. The summed E-state index contributed by atoms with van der Waals surface area (Å²) >= 11 is 0. The molecule has 1 aromatic heterocycles. The highest BCUT2D eigenvalue weighted by atomic mass is 16.5. The van der Waals surface area contributed by atoms with Gasteiger partial charge in [-0.05, 0) is 25.5 Å². The fourth-order valence-electron chi connectivity index (χ4n) is 3.34. The van der Waals surface area contributed by atoms with Crippen molar-refractivity contribution in [2.24, 2.45) is 10.9 Å². The van der Waals surface area contributed by atoms with Gasteiger partial charge in [-0.15, -0.1) is 0 Å². The van der Waals surface area contributed by atoms with Crippen molar-refractivity contribution in [1.82, 2.24) is 4.98 Å². The van der Waals surface area contributed by atoms with Gasteiger partial charge >= 0.3 is 5.97 Å². The molecule has 0 N–H and O–H groups in total. The first-order valence-electron chi connectivity index (χ1n) is 9.59. The monoisotopic (exact) mass is 370 g/mol. The van der Waals surface area contributed by atoms with Crippen LogP contribution in [-0.4, -0.2) is 23.3 Å². The third kappa shape index (κ3) is 4.01. The Labute approximate surface area is 164 Å². The minimum absolute atomic E-state index is 0.0746. The van der Waals surface area contributed by atoms with Crippen LogP contribution in [0, 0.1) is 5.92 Å². The number of benzene rings is 2. The Morgan fingerprint density at radius 3 is 2.21 bits per heavy atom. The standard InChI is InChI=1S/C24H22N2O2/c1-2-28-24(27)20-16-19(20)21-14-9-15-22(25-21)26-23(17-10-5-3-6-11-17)18-12-7-4-8-13-18/h3-15,19-20H,2,16H2,1H3/t19-,20+/m0/s1. The second kappa shape index (κ2) is 8.17. The fourth-order valence-corrected chi connectivity index (χ4v) is 3.34. The SMILES string of the molecule is CCOC(=O)[C@@H]1C[C@@H]1c1cccc(N=C(c2ccccc2)c2ccccc2)n1. The average molecular weight is 370 g/mol. The van der Waals surface area contributed by atoms with E-state index < -0.39 is 0 Å². The van der Waals surface area contributed by atoms with E-state index in [-0.39, 0.29) is 17.8 Å². The first kappa shape index (κ1) is 18.1. The molecule has 1 heterocycles. The maximum Gasteiger partial charge on any atom is 0.309 e. The second-order valence-corrected chi connectivity index (χ2v) is 6.81. The molecule has 0 amide bonds. The Hall–Kier alpha value is -3.27. The number of aromatic nitrogens is 1. The second-order valence-electron chi connectivity index (χ2n) is 6.81. The van der Waals surface area contributed by atoms with Gasteiger partial charge in [-0.1, -0.05) is 66.7 Å². The lowest BCUT2D eigenvalue weighted by molar-refractivity contribution is -0.144. The topological polar surface area (TPSA) is 51.5 Å². The van der Waals surface area contributed by atoms with E-state index >= 15 is 0 Å². The average Bonchev–Trinajstić information content (AvgIpc) is 3.55. The van der Waals surface area contributed by atoms with Gasteiger partial charge in [-0.2, -0.15) is 0 Å². The van der Waals surface area contributed by atoms with Crippen LogP contribution >= 0.6 is 0 Å². The lowest BCUT2D eigenvalue weighted by Gasteiger charge is -2.08. The molecule has 2 aromatic carbocycles. The number of hydrogen-bond donors (Lipinski definition) is 0. The number of ether oxygens (including phenoxy) is 1. The highest BCUT2D eigenvalue weighted by Gasteiger charge is 2.46. The summed E-state index contributed by atoms with van der Waals surface area (Å²) in [4.78, 5) is 21.5. The molecule has 4 heteroatoms. The summed E-state index contributed by atoms with van der Waals surface area (Å²) in [5, 5.41) is 0. The number of rotatable bonds is 6. The van der Waals surface area contributed by atoms with Crippen LogP contribution in [0.1, 0.15) is 36.1 Å². The molecular formula is C24H22N2O2. The number of carbonyl (C=O) groups excluding carboxylic acids is 1. The molecule has 3 aromatic rings. The van der Waals surface area contributed by atoms with E-state index in [1.807, 2.05) is 85.8 Å². The fraction of sp³-hybridized carbons (Fsp3) is 0.208. The zero-order valence-corrected chi connectivity index (χ0v) is 15.8. The van der Waals surface area contributed by atoms with Crippen LogP contribution < -0.4 is 0 Å². The molecule has 1 aliphatic rings. The number of carbonyl (C=O) groups is 1. The normalized spacial score (nSPS) is 17.6. The van der Waals surface area contributed by atoms with Gasteiger partial charge in [-0.3, -0.25) is 4.79 Å². The quantitative estimate of drug-likeness (QED) is 0.457. The number of hydrogen-bond acceptors (Lipinski definition) is 4. The number of aliphatic imine (C=N–C) groups is 1. The molecule has 1 aliphatic carbocycles. The van der Waals surface area contributed by atoms with Gasteiger partial charge < -0.3 is 4.74 Å². The number of nitrogens with zero attached hydrogens (tertiary/aromatic N) is 2. The third-order valence-electron chi connectivity index (χ3n) is 4.84. The minimum Gasteiger partial charge on any atom is -0.466 e. The number of pyridine rings is 1. The predicted molar refractivity (Wildman–Crippen MR) is 110 cm³/mol. The van der Waals surface area contributed by atoms with Crippen molar-refractivity contribution in [2.45, 2.75) is 19.3 Å². The molecule has 1 saturated carbocycles. The van der Waals surface area contributed by atoms with Crippen LogP contribution in [0.3, 0.4) is 0 Å². The molecule has 28 heavy (non-hydrogen) atoms. The van der Waals surface area contributed by atoms with Crippen LogP contribution in [0.5, 0.6) is 0 Å². The summed E-state index contributed by atoms with van der Waals surface area (Å²) in [5.41, 5.74) is 3.86. The molecule has 0 spiro atoms. The van der Waals surface area contributed by atoms with E-state index in [4.69, 9.17) is 14.7 Å².